The molecule has 0 amide bonds. The summed E-state index contributed by atoms with van der Waals surface area (Å²) >= 11 is 0. The fraction of sp³-hybridized carbons (Fsp3) is 0.391. The molecule has 0 spiro atoms. The van der Waals surface area contributed by atoms with E-state index >= 15 is 0 Å². The highest BCUT2D eigenvalue weighted by atomic mass is 16.6. The number of esters is 2. The number of ether oxygens (including phenoxy) is 4. The number of carbonyl (C=O) groups excluding carboxylic acids is 2. The molecule has 3 atom stereocenters. The first-order valence-corrected chi connectivity index (χ1v) is 9.96. The standard InChI is InChI=1S/C23H28O8/c1-17(29-16-19(3)31-23(25)11-9-21-7-5-13-27-21)14-28-18(2)15-30-22(24)10-8-20-6-4-12-26-20/h4-13,17-19H,14-16H2,1-3H3. The third-order valence-corrected chi connectivity index (χ3v) is 3.86. The quantitative estimate of drug-likeness (QED) is 0.347. The van der Waals surface area contributed by atoms with E-state index in [-0.39, 0.29) is 25.4 Å². The van der Waals surface area contributed by atoms with Crippen LogP contribution in [-0.4, -0.2) is 50.1 Å². The normalized spacial score (nSPS) is 14.5. The van der Waals surface area contributed by atoms with Gasteiger partial charge in [0.1, 0.15) is 24.2 Å². The van der Waals surface area contributed by atoms with Crippen molar-refractivity contribution in [2.45, 2.75) is 39.1 Å². The largest absolute Gasteiger partial charge is 0.465 e. The summed E-state index contributed by atoms with van der Waals surface area (Å²) in [5.41, 5.74) is 0. The second-order valence-corrected chi connectivity index (χ2v) is 6.86. The minimum atomic E-state index is -0.479. The van der Waals surface area contributed by atoms with E-state index in [0.29, 0.717) is 18.1 Å². The smallest absolute Gasteiger partial charge is 0.331 e. The van der Waals surface area contributed by atoms with Gasteiger partial charge in [0.15, 0.2) is 0 Å². The molecule has 2 rings (SSSR count). The van der Waals surface area contributed by atoms with Gasteiger partial charge in [0, 0.05) is 12.2 Å². The van der Waals surface area contributed by atoms with Crippen LogP contribution in [-0.2, 0) is 28.5 Å². The second kappa shape index (κ2) is 13.3. The summed E-state index contributed by atoms with van der Waals surface area (Å²) in [6.45, 7) is 6.03. The molecule has 0 fully saturated rings. The summed E-state index contributed by atoms with van der Waals surface area (Å²) in [5.74, 6) is 0.182. The number of hydrogen-bond donors (Lipinski definition) is 0. The van der Waals surface area contributed by atoms with Gasteiger partial charge in [0.05, 0.1) is 37.9 Å². The van der Waals surface area contributed by atoms with E-state index in [1.165, 1.54) is 36.8 Å². The summed E-state index contributed by atoms with van der Waals surface area (Å²) in [5, 5.41) is 0. The summed E-state index contributed by atoms with van der Waals surface area (Å²) in [6, 6.07) is 6.93. The average Bonchev–Trinajstić information content (AvgIpc) is 3.46. The van der Waals surface area contributed by atoms with Crippen LogP contribution in [0, 0.1) is 0 Å². The van der Waals surface area contributed by atoms with E-state index in [4.69, 9.17) is 27.8 Å². The van der Waals surface area contributed by atoms with Crippen LogP contribution in [0.1, 0.15) is 32.3 Å². The third-order valence-electron chi connectivity index (χ3n) is 3.86. The van der Waals surface area contributed by atoms with Crippen molar-refractivity contribution in [3.8, 4) is 0 Å². The van der Waals surface area contributed by atoms with Crippen LogP contribution in [0.5, 0.6) is 0 Å². The Morgan fingerprint density at radius 3 is 1.87 bits per heavy atom. The zero-order valence-corrected chi connectivity index (χ0v) is 17.9. The molecule has 0 aliphatic rings. The topological polar surface area (TPSA) is 97.3 Å². The van der Waals surface area contributed by atoms with Gasteiger partial charge in [0.25, 0.3) is 0 Å². The summed E-state index contributed by atoms with van der Waals surface area (Å²) in [7, 11) is 0. The molecule has 31 heavy (non-hydrogen) atoms. The summed E-state index contributed by atoms with van der Waals surface area (Å²) < 4.78 is 31.8. The van der Waals surface area contributed by atoms with E-state index < -0.39 is 18.0 Å². The van der Waals surface area contributed by atoms with Crippen LogP contribution < -0.4 is 0 Å². The number of rotatable bonds is 13. The Kier molecular flexibility index (Phi) is 10.3. The lowest BCUT2D eigenvalue weighted by atomic mass is 10.3. The number of carbonyl (C=O) groups is 2. The van der Waals surface area contributed by atoms with Gasteiger partial charge in [-0.25, -0.2) is 9.59 Å². The molecule has 8 heteroatoms. The fourth-order valence-electron chi connectivity index (χ4n) is 2.29. The van der Waals surface area contributed by atoms with Gasteiger partial charge in [-0.1, -0.05) is 0 Å². The van der Waals surface area contributed by atoms with Crippen LogP contribution in [0.15, 0.2) is 57.8 Å². The SMILES string of the molecule is CC(COC(=O)C=Cc1ccco1)OCC(C)OCC(C)OC(=O)C=Cc1ccco1. The molecule has 0 aliphatic heterocycles. The van der Waals surface area contributed by atoms with Crippen molar-refractivity contribution in [1.29, 1.82) is 0 Å². The lowest BCUT2D eigenvalue weighted by Gasteiger charge is -2.19. The predicted octanol–water partition coefficient (Wildman–Crippen LogP) is 3.88. The van der Waals surface area contributed by atoms with Crippen LogP contribution in [0.2, 0.25) is 0 Å². The van der Waals surface area contributed by atoms with Crippen LogP contribution in [0.3, 0.4) is 0 Å². The number of hydrogen-bond acceptors (Lipinski definition) is 8. The highest BCUT2D eigenvalue weighted by Gasteiger charge is 2.12. The summed E-state index contributed by atoms with van der Waals surface area (Å²) in [4.78, 5) is 23.4. The fourth-order valence-corrected chi connectivity index (χ4v) is 2.29. The Hall–Kier alpha value is -3.10. The van der Waals surface area contributed by atoms with Crippen molar-refractivity contribution in [3.05, 3.63) is 60.5 Å². The first kappa shape index (κ1) is 24.2. The van der Waals surface area contributed by atoms with Crippen molar-refractivity contribution in [3.63, 3.8) is 0 Å². The summed E-state index contributed by atoms with van der Waals surface area (Å²) in [6.07, 6.45) is 7.77. The Bertz CT molecular complexity index is 820. The molecule has 8 nitrogen and oxygen atoms in total. The maximum absolute atomic E-state index is 11.8. The van der Waals surface area contributed by atoms with E-state index in [2.05, 4.69) is 0 Å². The Morgan fingerprint density at radius 2 is 1.32 bits per heavy atom. The van der Waals surface area contributed by atoms with Gasteiger partial charge in [-0.05, 0) is 57.2 Å². The van der Waals surface area contributed by atoms with Crippen molar-refractivity contribution in [2.75, 3.05) is 19.8 Å². The van der Waals surface area contributed by atoms with Gasteiger partial charge in [-0.2, -0.15) is 0 Å². The molecule has 0 N–H and O–H groups in total. The molecular weight excluding hydrogens is 404 g/mol. The van der Waals surface area contributed by atoms with E-state index in [1.807, 2.05) is 6.92 Å². The minimum absolute atomic E-state index is 0.115. The zero-order valence-electron chi connectivity index (χ0n) is 17.9. The van der Waals surface area contributed by atoms with Gasteiger partial charge < -0.3 is 27.8 Å². The third kappa shape index (κ3) is 10.5. The molecule has 0 saturated heterocycles. The molecule has 2 aromatic heterocycles. The van der Waals surface area contributed by atoms with Crippen LogP contribution >= 0.6 is 0 Å². The average molecular weight is 432 g/mol. The first-order valence-electron chi connectivity index (χ1n) is 9.96. The molecule has 0 aliphatic carbocycles. The molecule has 3 unspecified atom stereocenters. The molecule has 0 saturated carbocycles. The molecule has 2 aromatic rings. The van der Waals surface area contributed by atoms with Crippen molar-refractivity contribution < 1.29 is 37.4 Å². The first-order chi connectivity index (χ1) is 14.9. The maximum atomic E-state index is 11.8. The Labute approximate surface area is 181 Å². The minimum Gasteiger partial charge on any atom is -0.465 e. The monoisotopic (exact) mass is 432 g/mol. The predicted molar refractivity (Wildman–Crippen MR) is 113 cm³/mol. The van der Waals surface area contributed by atoms with E-state index in [1.54, 1.807) is 38.1 Å². The molecular formula is C23H28O8. The zero-order chi connectivity index (χ0) is 22.5. The highest BCUT2D eigenvalue weighted by molar-refractivity contribution is 5.87. The van der Waals surface area contributed by atoms with E-state index in [0.717, 1.165) is 0 Å². The Balaban J connectivity index is 1.55. The van der Waals surface area contributed by atoms with Gasteiger partial charge >= 0.3 is 11.9 Å². The van der Waals surface area contributed by atoms with Crippen LogP contribution in [0.4, 0.5) is 0 Å². The van der Waals surface area contributed by atoms with Gasteiger partial charge in [-0.15, -0.1) is 0 Å². The molecule has 2 heterocycles. The Morgan fingerprint density at radius 1 is 0.806 bits per heavy atom. The molecule has 0 radical (unpaired) electrons. The van der Waals surface area contributed by atoms with Gasteiger partial charge in [-0.3, -0.25) is 0 Å². The highest BCUT2D eigenvalue weighted by Crippen LogP contribution is 2.05. The second-order valence-electron chi connectivity index (χ2n) is 6.86. The lowest BCUT2D eigenvalue weighted by molar-refractivity contribution is -0.148. The lowest BCUT2D eigenvalue weighted by Crippen LogP contribution is -2.27. The van der Waals surface area contributed by atoms with Crippen molar-refractivity contribution >= 4 is 24.1 Å². The maximum Gasteiger partial charge on any atom is 0.331 e. The molecule has 0 bridgehead atoms. The van der Waals surface area contributed by atoms with Crippen molar-refractivity contribution in [2.24, 2.45) is 0 Å². The van der Waals surface area contributed by atoms with E-state index in [9.17, 15) is 9.59 Å². The molecule has 0 aromatic carbocycles. The van der Waals surface area contributed by atoms with Crippen LogP contribution in [0.25, 0.3) is 12.2 Å². The van der Waals surface area contributed by atoms with Crippen molar-refractivity contribution in [1.82, 2.24) is 0 Å². The number of furan rings is 2. The molecule has 168 valence electrons. The van der Waals surface area contributed by atoms with Gasteiger partial charge in [0.2, 0.25) is 0 Å².